The molecule has 0 saturated heterocycles. The Labute approximate surface area is 114 Å². The zero-order chi connectivity index (χ0) is 14.1. The number of hydrogen-bond acceptors (Lipinski definition) is 4. The van der Waals surface area contributed by atoms with Crippen molar-refractivity contribution in [3.8, 4) is 5.75 Å². The number of carbonyl (C=O) groups excluding carboxylic acids is 1. The zero-order valence-corrected chi connectivity index (χ0v) is 11.6. The minimum Gasteiger partial charge on any atom is -0.489 e. The Bertz CT molecular complexity index is 408. The fourth-order valence-corrected chi connectivity index (χ4v) is 1.56. The number of carbonyl (C=O) groups is 1. The standard InChI is InChI=1S/C14H22N2O3/c1-11-5-6-12(16-14(17)4-3-7-15)13(10-11)19-9-8-18-2/h5-6,10H,3-4,7-9,15H2,1-2H3,(H,16,17). The normalized spacial score (nSPS) is 10.3. The number of methoxy groups -OCH3 is 1. The Morgan fingerprint density at radius 3 is 2.84 bits per heavy atom. The number of aryl methyl sites for hydroxylation is 1. The molecule has 0 atom stereocenters. The number of amides is 1. The van der Waals surface area contributed by atoms with Crippen LogP contribution < -0.4 is 15.8 Å². The van der Waals surface area contributed by atoms with Crippen LogP contribution in [0.3, 0.4) is 0 Å². The summed E-state index contributed by atoms with van der Waals surface area (Å²) in [6, 6.07) is 5.67. The second-order valence-electron chi connectivity index (χ2n) is 4.28. The molecule has 0 fully saturated rings. The third-order valence-corrected chi connectivity index (χ3v) is 2.56. The average molecular weight is 266 g/mol. The van der Waals surface area contributed by atoms with Crippen molar-refractivity contribution in [3.05, 3.63) is 23.8 Å². The van der Waals surface area contributed by atoms with Crippen molar-refractivity contribution in [3.63, 3.8) is 0 Å². The van der Waals surface area contributed by atoms with Crippen molar-refractivity contribution >= 4 is 11.6 Å². The molecule has 0 heterocycles. The van der Waals surface area contributed by atoms with Gasteiger partial charge in [0.05, 0.1) is 12.3 Å². The summed E-state index contributed by atoms with van der Waals surface area (Å²) in [5, 5.41) is 2.84. The summed E-state index contributed by atoms with van der Waals surface area (Å²) in [7, 11) is 1.62. The molecular formula is C14H22N2O3. The van der Waals surface area contributed by atoms with E-state index >= 15 is 0 Å². The number of hydrogen-bond donors (Lipinski definition) is 2. The van der Waals surface area contributed by atoms with E-state index in [4.69, 9.17) is 15.2 Å². The highest BCUT2D eigenvalue weighted by molar-refractivity contribution is 5.92. The number of nitrogens with one attached hydrogen (secondary N) is 1. The Kier molecular flexibility index (Phi) is 6.92. The van der Waals surface area contributed by atoms with E-state index in [1.54, 1.807) is 7.11 Å². The van der Waals surface area contributed by atoms with Crippen LogP contribution in [-0.4, -0.2) is 32.8 Å². The number of ether oxygens (including phenoxy) is 2. The number of rotatable bonds is 8. The lowest BCUT2D eigenvalue weighted by atomic mass is 10.2. The molecular weight excluding hydrogens is 244 g/mol. The van der Waals surface area contributed by atoms with Crippen LogP contribution >= 0.6 is 0 Å². The number of benzene rings is 1. The summed E-state index contributed by atoms with van der Waals surface area (Å²) in [6.07, 6.45) is 1.10. The van der Waals surface area contributed by atoms with Crippen molar-refractivity contribution < 1.29 is 14.3 Å². The molecule has 1 rings (SSSR count). The molecule has 1 aromatic rings. The van der Waals surface area contributed by atoms with Gasteiger partial charge < -0.3 is 20.5 Å². The van der Waals surface area contributed by atoms with Gasteiger partial charge in [-0.25, -0.2) is 0 Å². The number of nitrogens with two attached hydrogens (primary N) is 1. The van der Waals surface area contributed by atoms with Gasteiger partial charge in [0.25, 0.3) is 0 Å². The van der Waals surface area contributed by atoms with Gasteiger partial charge in [-0.1, -0.05) is 6.07 Å². The van der Waals surface area contributed by atoms with Crippen LogP contribution in [0.5, 0.6) is 5.75 Å². The summed E-state index contributed by atoms with van der Waals surface area (Å²) in [6.45, 7) is 3.45. The van der Waals surface area contributed by atoms with Crippen molar-refractivity contribution in [2.24, 2.45) is 5.73 Å². The van der Waals surface area contributed by atoms with Gasteiger partial charge in [-0.15, -0.1) is 0 Å². The van der Waals surface area contributed by atoms with Crippen molar-refractivity contribution in [2.45, 2.75) is 19.8 Å². The van der Waals surface area contributed by atoms with Gasteiger partial charge in [0.15, 0.2) is 0 Å². The van der Waals surface area contributed by atoms with E-state index in [1.165, 1.54) is 0 Å². The third-order valence-electron chi connectivity index (χ3n) is 2.56. The highest BCUT2D eigenvalue weighted by atomic mass is 16.5. The van der Waals surface area contributed by atoms with Gasteiger partial charge in [0.2, 0.25) is 5.91 Å². The van der Waals surface area contributed by atoms with E-state index < -0.39 is 0 Å². The second-order valence-corrected chi connectivity index (χ2v) is 4.28. The third kappa shape index (κ3) is 5.72. The molecule has 3 N–H and O–H groups in total. The predicted octanol–water partition coefficient (Wildman–Crippen LogP) is 1.70. The van der Waals surface area contributed by atoms with Crippen molar-refractivity contribution in [1.29, 1.82) is 0 Å². The van der Waals surface area contributed by atoms with E-state index in [2.05, 4.69) is 5.32 Å². The van der Waals surface area contributed by atoms with Gasteiger partial charge >= 0.3 is 0 Å². The molecule has 0 unspecified atom stereocenters. The van der Waals surface area contributed by atoms with Crippen molar-refractivity contribution in [1.82, 2.24) is 0 Å². The van der Waals surface area contributed by atoms with Crippen LogP contribution in [0.25, 0.3) is 0 Å². The van der Waals surface area contributed by atoms with E-state index in [9.17, 15) is 4.79 Å². The minimum absolute atomic E-state index is 0.0501. The molecule has 0 saturated carbocycles. The maximum Gasteiger partial charge on any atom is 0.224 e. The van der Waals surface area contributed by atoms with Crippen LogP contribution in [0, 0.1) is 6.92 Å². The molecule has 0 aliphatic heterocycles. The summed E-state index contributed by atoms with van der Waals surface area (Å²) in [5.41, 5.74) is 7.14. The largest absolute Gasteiger partial charge is 0.489 e. The summed E-state index contributed by atoms with van der Waals surface area (Å²) in [4.78, 5) is 11.7. The fraction of sp³-hybridized carbons (Fsp3) is 0.500. The lowest BCUT2D eigenvalue weighted by molar-refractivity contribution is -0.116. The molecule has 0 radical (unpaired) electrons. The Balaban J connectivity index is 2.67. The summed E-state index contributed by atoms with van der Waals surface area (Å²) in [5.74, 6) is 0.615. The molecule has 0 aromatic heterocycles. The molecule has 0 spiro atoms. The average Bonchev–Trinajstić information content (AvgIpc) is 2.39. The highest BCUT2D eigenvalue weighted by Crippen LogP contribution is 2.25. The molecule has 5 nitrogen and oxygen atoms in total. The molecule has 1 aromatic carbocycles. The summed E-state index contributed by atoms with van der Waals surface area (Å²) < 4.78 is 10.5. The first kappa shape index (κ1) is 15.5. The SMILES string of the molecule is COCCOc1cc(C)ccc1NC(=O)CCCN. The first-order chi connectivity index (χ1) is 9.17. The Hall–Kier alpha value is -1.59. The van der Waals surface area contributed by atoms with E-state index in [1.807, 2.05) is 25.1 Å². The Morgan fingerprint density at radius 1 is 1.37 bits per heavy atom. The van der Waals surface area contributed by atoms with Crippen LogP contribution in [0.1, 0.15) is 18.4 Å². The fourth-order valence-electron chi connectivity index (χ4n) is 1.56. The van der Waals surface area contributed by atoms with Gasteiger partial charge in [0.1, 0.15) is 12.4 Å². The van der Waals surface area contributed by atoms with E-state index in [0.29, 0.717) is 44.0 Å². The quantitative estimate of drug-likeness (QED) is 0.702. The molecule has 0 bridgehead atoms. The smallest absolute Gasteiger partial charge is 0.224 e. The Morgan fingerprint density at radius 2 is 2.16 bits per heavy atom. The van der Waals surface area contributed by atoms with E-state index in [-0.39, 0.29) is 5.91 Å². The predicted molar refractivity (Wildman–Crippen MR) is 75.5 cm³/mol. The van der Waals surface area contributed by atoms with Gasteiger partial charge in [-0.05, 0) is 37.6 Å². The maximum atomic E-state index is 11.7. The minimum atomic E-state index is -0.0501. The molecule has 19 heavy (non-hydrogen) atoms. The van der Waals surface area contributed by atoms with Crippen molar-refractivity contribution in [2.75, 3.05) is 32.2 Å². The molecule has 5 heteroatoms. The summed E-state index contributed by atoms with van der Waals surface area (Å²) >= 11 is 0. The van der Waals surface area contributed by atoms with Crippen LogP contribution in [0.15, 0.2) is 18.2 Å². The van der Waals surface area contributed by atoms with Gasteiger partial charge in [0, 0.05) is 13.5 Å². The van der Waals surface area contributed by atoms with Crippen LogP contribution in [0.2, 0.25) is 0 Å². The van der Waals surface area contributed by atoms with Gasteiger partial charge in [-0.2, -0.15) is 0 Å². The zero-order valence-electron chi connectivity index (χ0n) is 11.6. The molecule has 1 amide bonds. The monoisotopic (exact) mass is 266 g/mol. The lowest BCUT2D eigenvalue weighted by Gasteiger charge is -2.13. The molecule has 106 valence electrons. The first-order valence-electron chi connectivity index (χ1n) is 6.39. The topological polar surface area (TPSA) is 73.6 Å². The van der Waals surface area contributed by atoms with Crippen LogP contribution in [0.4, 0.5) is 5.69 Å². The number of anilines is 1. The highest BCUT2D eigenvalue weighted by Gasteiger charge is 2.08. The van der Waals surface area contributed by atoms with E-state index in [0.717, 1.165) is 5.56 Å². The van der Waals surface area contributed by atoms with Gasteiger partial charge in [-0.3, -0.25) is 4.79 Å². The maximum absolute atomic E-state index is 11.7. The molecule has 0 aliphatic carbocycles. The second kappa shape index (κ2) is 8.50. The van der Waals surface area contributed by atoms with Crippen LogP contribution in [-0.2, 0) is 9.53 Å². The lowest BCUT2D eigenvalue weighted by Crippen LogP contribution is -2.15. The first-order valence-corrected chi connectivity index (χ1v) is 6.39. The molecule has 0 aliphatic rings.